The van der Waals surface area contributed by atoms with Gasteiger partial charge in [-0.3, -0.25) is 4.79 Å². The summed E-state index contributed by atoms with van der Waals surface area (Å²) < 4.78 is 27.0. The van der Waals surface area contributed by atoms with E-state index in [9.17, 15) is 13.2 Å². The molecule has 6 heteroatoms. The number of aromatic nitrogens is 1. The molecule has 0 saturated heterocycles. The van der Waals surface area contributed by atoms with Crippen molar-refractivity contribution in [2.75, 3.05) is 12.3 Å². The smallest absolute Gasteiger partial charge is 0.251 e. The van der Waals surface area contributed by atoms with Crippen LogP contribution < -0.4 is 10.3 Å². The van der Waals surface area contributed by atoms with Crippen molar-refractivity contribution in [3.63, 3.8) is 0 Å². The highest BCUT2D eigenvalue weighted by Crippen LogP contribution is 2.17. The Labute approximate surface area is 165 Å². The lowest BCUT2D eigenvalue weighted by atomic mass is 10.0. The molecular formula is C22H26N2O3S. The molecule has 0 saturated carbocycles. The number of aromatic amines is 1. The van der Waals surface area contributed by atoms with Gasteiger partial charge in [-0.05, 0) is 73.4 Å². The van der Waals surface area contributed by atoms with Crippen LogP contribution in [-0.2, 0) is 22.9 Å². The number of aryl methyl sites for hydroxylation is 3. The van der Waals surface area contributed by atoms with Crippen LogP contribution in [0, 0.1) is 13.8 Å². The van der Waals surface area contributed by atoms with Crippen LogP contribution in [0.2, 0.25) is 0 Å². The third-order valence-electron chi connectivity index (χ3n) is 4.97. The van der Waals surface area contributed by atoms with Crippen LogP contribution >= 0.6 is 0 Å². The Morgan fingerprint density at radius 1 is 0.964 bits per heavy atom. The summed E-state index contributed by atoms with van der Waals surface area (Å²) in [7, 11) is -3.35. The van der Waals surface area contributed by atoms with Crippen molar-refractivity contribution < 1.29 is 8.42 Å². The highest BCUT2D eigenvalue weighted by atomic mass is 32.2. The fourth-order valence-corrected chi connectivity index (χ4v) is 4.31. The Morgan fingerprint density at radius 3 is 2.43 bits per heavy atom. The van der Waals surface area contributed by atoms with Crippen LogP contribution in [0.15, 0.2) is 53.3 Å². The van der Waals surface area contributed by atoms with E-state index in [0.29, 0.717) is 18.4 Å². The molecule has 1 heterocycles. The zero-order valence-electron chi connectivity index (χ0n) is 16.3. The van der Waals surface area contributed by atoms with Gasteiger partial charge in [-0.2, -0.15) is 0 Å². The molecule has 0 radical (unpaired) electrons. The number of H-pyrrole nitrogens is 1. The van der Waals surface area contributed by atoms with Gasteiger partial charge in [0.25, 0.3) is 5.56 Å². The first-order valence-corrected chi connectivity index (χ1v) is 11.1. The topological polar surface area (TPSA) is 79.0 Å². The normalized spacial score (nSPS) is 11.8. The van der Waals surface area contributed by atoms with Gasteiger partial charge in [0.05, 0.1) is 5.75 Å². The quantitative estimate of drug-likeness (QED) is 0.611. The molecule has 1 aromatic heterocycles. The van der Waals surface area contributed by atoms with Gasteiger partial charge in [0.15, 0.2) is 0 Å². The van der Waals surface area contributed by atoms with Crippen molar-refractivity contribution in [3.8, 4) is 0 Å². The third kappa shape index (κ3) is 5.30. The fourth-order valence-electron chi connectivity index (χ4n) is 3.23. The van der Waals surface area contributed by atoms with E-state index in [0.717, 1.165) is 34.0 Å². The van der Waals surface area contributed by atoms with Crippen molar-refractivity contribution in [1.82, 2.24) is 9.71 Å². The molecule has 0 aliphatic rings. The highest BCUT2D eigenvalue weighted by Gasteiger charge is 2.11. The standard InChI is InChI=1S/C22H26N2O3S/c1-16-13-20-15-19(22(25)24-21(20)14-17(16)2)10-11-23-28(26,27)12-6-9-18-7-4-3-5-8-18/h3-5,7-8,13-15,23H,6,9-12H2,1-2H3,(H,24,25). The zero-order chi connectivity index (χ0) is 20.1. The second kappa shape index (κ2) is 8.71. The Kier molecular flexibility index (Phi) is 6.31. The zero-order valence-corrected chi connectivity index (χ0v) is 17.1. The lowest BCUT2D eigenvalue weighted by Crippen LogP contribution is -2.29. The summed E-state index contributed by atoms with van der Waals surface area (Å²) in [4.78, 5) is 15.2. The fraction of sp³-hybridized carbons (Fsp3) is 0.318. The summed E-state index contributed by atoms with van der Waals surface area (Å²) in [6, 6.07) is 15.7. The summed E-state index contributed by atoms with van der Waals surface area (Å²) >= 11 is 0. The second-order valence-corrected chi connectivity index (χ2v) is 9.13. The number of pyridine rings is 1. The summed E-state index contributed by atoms with van der Waals surface area (Å²) in [5.41, 5.74) is 4.63. The number of rotatable bonds is 8. The van der Waals surface area contributed by atoms with E-state index in [-0.39, 0.29) is 17.9 Å². The predicted octanol–water partition coefficient (Wildman–Crippen LogP) is 3.24. The minimum Gasteiger partial charge on any atom is -0.322 e. The van der Waals surface area contributed by atoms with E-state index in [4.69, 9.17) is 0 Å². The Hall–Kier alpha value is -2.44. The van der Waals surface area contributed by atoms with E-state index >= 15 is 0 Å². The molecule has 0 atom stereocenters. The molecule has 148 valence electrons. The molecule has 0 spiro atoms. The SMILES string of the molecule is Cc1cc2cc(CCNS(=O)(=O)CCCc3ccccc3)c(=O)[nH]c2cc1C. The molecule has 5 nitrogen and oxygen atoms in total. The Balaban J connectivity index is 1.57. The van der Waals surface area contributed by atoms with E-state index in [1.807, 2.05) is 62.4 Å². The third-order valence-corrected chi connectivity index (χ3v) is 6.44. The van der Waals surface area contributed by atoms with Crippen molar-refractivity contribution in [1.29, 1.82) is 0 Å². The van der Waals surface area contributed by atoms with Crippen LogP contribution in [0.5, 0.6) is 0 Å². The van der Waals surface area contributed by atoms with Gasteiger partial charge < -0.3 is 4.98 Å². The number of benzene rings is 2. The van der Waals surface area contributed by atoms with Crippen molar-refractivity contribution in [3.05, 3.63) is 81.1 Å². The molecule has 0 amide bonds. The molecule has 0 fully saturated rings. The van der Waals surface area contributed by atoms with Crippen molar-refractivity contribution in [2.45, 2.75) is 33.1 Å². The summed E-state index contributed by atoms with van der Waals surface area (Å²) in [6.45, 7) is 4.25. The molecule has 0 unspecified atom stereocenters. The average molecular weight is 399 g/mol. The monoisotopic (exact) mass is 398 g/mol. The first kappa shape index (κ1) is 20.3. The number of nitrogens with one attached hydrogen (secondary N) is 2. The van der Waals surface area contributed by atoms with Gasteiger partial charge in [-0.1, -0.05) is 30.3 Å². The number of hydrogen-bond donors (Lipinski definition) is 2. The molecule has 2 aromatic carbocycles. The Bertz CT molecular complexity index is 1120. The van der Waals surface area contributed by atoms with Crippen LogP contribution in [0.25, 0.3) is 10.9 Å². The highest BCUT2D eigenvalue weighted by molar-refractivity contribution is 7.89. The largest absolute Gasteiger partial charge is 0.322 e. The number of sulfonamides is 1. The van der Waals surface area contributed by atoms with E-state index < -0.39 is 10.0 Å². The minimum absolute atomic E-state index is 0.0778. The maximum absolute atomic E-state index is 12.3. The van der Waals surface area contributed by atoms with Crippen molar-refractivity contribution in [2.24, 2.45) is 0 Å². The average Bonchev–Trinajstić information content (AvgIpc) is 2.64. The van der Waals surface area contributed by atoms with Crippen LogP contribution in [0.4, 0.5) is 0 Å². The van der Waals surface area contributed by atoms with Gasteiger partial charge in [-0.15, -0.1) is 0 Å². The molecule has 0 aliphatic heterocycles. The maximum Gasteiger partial charge on any atom is 0.251 e. The Morgan fingerprint density at radius 2 is 1.68 bits per heavy atom. The van der Waals surface area contributed by atoms with Crippen LogP contribution in [0.3, 0.4) is 0 Å². The van der Waals surface area contributed by atoms with Gasteiger partial charge in [0, 0.05) is 17.6 Å². The molecule has 0 bridgehead atoms. The maximum atomic E-state index is 12.3. The summed E-state index contributed by atoms with van der Waals surface area (Å²) in [5, 5.41) is 0.961. The lowest BCUT2D eigenvalue weighted by Gasteiger charge is -2.08. The summed E-state index contributed by atoms with van der Waals surface area (Å²) in [6.07, 6.45) is 1.65. The molecule has 3 rings (SSSR count). The first-order chi connectivity index (χ1) is 13.3. The summed E-state index contributed by atoms with van der Waals surface area (Å²) in [5.74, 6) is 0.0778. The minimum atomic E-state index is -3.35. The van der Waals surface area contributed by atoms with Gasteiger partial charge >= 0.3 is 0 Å². The van der Waals surface area contributed by atoms with Gasteiger partial charge in [0.2, 0.25) is 10.0 Å². The lowest BCUT2D eigenvalue weighted by molar-refractivity contribution is 0.578. The molecule has 28 heavy (non-hydrogen) atoms. The molecular weight excluding hydrogens is 372 g/mol. The van der Waals surface area contributed by atoms with E-state index in [2.05, 4.69) is 9.71 Å². The van der Waals surface area contributed by atoms with Crippen LogP contribution in [0.1, 0.15) is 28.7 Å². The molecule has 2 N–H and O–H groups in total. The number of fused-ring (bicyclic) bond motifs is 1. The van der Waals surface area contributed by atoms with E-state index in [1.165, 1.54) is 0 Å². The van der Waals surface area contributed by atoms with Crippen LogP contribution in [-0.4, -0.2) is 25.7 Å². The predicted molar refractivity (Wildman–Crippen MR) is 114 cm³/mol. The van der Waals surface area contributed by atoms with Gasteiger partial charge in [-0.25, -0.2) is 13.1 Å². The van der Waals surface area contributed by atoms with Crippen molar-refractivity contribution >= 4 is 20.9 Å². The number of hydrogen-bond acceptors (Lipinski definition) is 3. The first-order valence-electron chi connectivity index (χ1n) is 9.48. The second-order valence-electron chi connectivity index (χ2n) is 7.20. The van der Waals surface area contributed by atoms with Gasteiger partial charge in [0.1, 0.15) is 0 Å². The van der Waals surface area contributed by atoms with E-state index in [1.54, 1.807) is 0 Å². The molecule has 3 aromatic rings. The molecule has 0 aliphatic carbocycles.